The zero-order chi connectivity index (χ0) is 25.2. The number of urea groups is 1. The molecule has 3 aromatic rings. The summed E-state index contributed by atoms with van der Waals surface area (Å²) in [6.45, 7) is 3.79. The second-order valence-corrected chi connectivity index (χ2v) is 8.45. The molecule has 0 saturated carbocycles. The van der Waals surface area contributed by atoms with Gasteiger partial charge < -0.3 is 20.5 Å². The molecule has 0 radical (unpaired) electrons. The number of amides is 3. The lowest BCUT2D eigenvalue weighted by Crippen LogP contribution is -2.36. The molecule has 184 valence electrons. The molecule has 1 saturated heterocycles. The van der Waals surface area contributed by atoms with Crippen molar-refractivity contribution in [2.75, 3.05) is 26.2 Å². The highest BCUT2D eigenvalue weighted by atomic mass is 19.4. The van der Waals surface area contributed by atoms with Crippen LogP contribution in [0.2, 0.25) is 0 Å². The Labute approximate surface area is 199 Å². The third kappa shape index (κ3) is 5.82. The van der Waals surface area contributed by atoms with Gasteiger partial charge in [0.15, 0.2) is 0 Å². The van der Waals surface area contributed by atoms with Crippen LogP contribution in [-0.4, -0.2) is 48.0 Å². The third-order valence-electron chi connectivity index (χ3n) is 5.83. The standard InChI is InChI=1S/C25H24F4N4O2/c1-15-8-18(2-3-21(15)23(34)30-4-6-33-7-5-31-24(33)35)22-12-17(14-32-22)9-16-10-19(25(27,28)29)13-20(26)11-16/h2-3,8,10-14,32H,4-7,9H2,1H3,(H,30,34)(H,31,35). The number of nitrogens with one attached hydrogen (secondary N) is 3. The number of hydrogen-bond donors (Lipinski definition) is 3. The number of aryl methyl sites for hydroxylation is 1. The molecule has 6 nitrogen and oxygen atoms in total. The molecule has 3 N–H and O–H groups in total. The first-order chi connectivity index (χ1) is 16.6. The van der Waals surface area contributed by atoms with Gasteiger partial charge in [-0.15, -0.1) is 0 Å². The summed E-state index contributed by atoms with van der Waals surface area (Å²) >= 11 is 0. The highest BCUT2D eigenvalue weighted by Crippen LogP contribution is 2.31. The number of aromatic amines is 1. The average Bonchev–Trinajstić information content (AvgIpc) is 3.41. The molecule has 35 heavy (non-hydrogen) atoms. The minimum absolute atomic E-state index is 0.131. The molecule has 1 fully saturated rings. The second-order valence-electron chi connectivity index (χ2n) is 8.45. The number of alkyl halides is 3. The van der Waals surface area contributed by atoms with E-state index in [1.54, 1.807) is 29.3 Å². The van der Waals surface area contributed by atoms with Crippen molar-refractivity contribution in [3.63, 3.8) is 0 Å². The summed E-state index contributed by atoms with van der Waals surface area (Å²) < 4.78 is 52.6. The summed E-state index contributed by atoms with van der Waals surface area (Å²) in [6.07, 6.45) is -2.82. The molecule has 4 rings (SSSR count). The molecule has 0 bridgehead atoms. The lowest BCUT2D eigenvalue weighted by atomic mass is 10.0. The van der Waals surface area contributed by atoms with E-state index in [1.165, 1.54) is 0 Å². The van der Waals surface area contributed by atoms with Gasteiger partial charge >= 0.3 is 12.2 Å². The SMILES string of the molecule is Cc1cc(-c2cc(Cc3cc(F)cc(C(F)(F)F)c3)c[nH]2)ccc1C(=O)NCCN1CCNC1=O. The summed E-state index contributed by atoms with van der Waals surface area (Å²) in [7, 11) is 0. The van der Waals surface area contributed by atoms with E-state index in [4.69, 9.17) is 0 Å². The zero-order valence-electron chi connectivity index (χ0n) is 18.9. The normalized spacial score (nSPS) is 13.7. The fourth-order valence-corrected chi connectivity index (χ4v) is 4.07. The van der Waals surface area contributed by atoms with Gasteiger partial charge in [-0.05, 0) is 72.0 Å². The van der Waals surface area contributed by atoms with Crippen LogP contribution in [-0.2, 0) is 12.6 Å². The van der Waals surface area contributed by atoms with Crippen molar-refractivity contribution >= 4 is 11.9 Å². The quantitative estimate of drug-likeness (QED) is 0.429. The Hall–Kier alpha value is -3.82. The fourth-order valence-electron chi connectivity index (χ4n) is 4.07. The van der Waals surface area contributed by atoms with E-state index in [0.29, 0.717) is 43.4 Å². The molecule has 0 atom stereocenters. The number of carbonyl (C=O) groups excluding carboxylic acids is 2. The first-order valence-corrected chi connectivity index (χ1v) is 11.1. The molecule has 0 unspecified atom stereocenters. The van der Waals surface area contributed by atoms with E-state index < -0.39 is 17.6 Å². The summed E-state index contributed by atoms with van der Waals surface area (Å²) in [5.41, 5.74) is 2.68. The molecular weight excluding hydrogens is 464 g/mol. The van der Waals surface area contributed by atoms with Crippen LogP contribution >= 0.6 is 0 Å². The van der Waals surface area contributed by atoms with E-state index in [2.05, 4.69) is 15.6 Å². The minimum atomic E-state index is -4.62. The highest BCUT2D eigenvalue weighted by molar-refractivity contribution is 5.96. The van der Waals surface area contributed by atoms with Crippen molar-refractivity contribution in [1.82, 2.24) is 20.5 Å². The third-order valence-corrected chi connectivity index (χ3v) is 5.83. The van der Waals surface area contributed by atoms with Crippen molar-refractivity contribution in [3.8, 4) is 11.3 Å². The lowest BCUT2D eigenvalue weighted by molar-refractivity contribution is -0.137. The van der Waals surface area contributed by atoms with Crippen LogP contribution in [0.3, 0.4) is 0 Å². The Morgan fingerprint density at radius 1 is 1.11 bits per heavy atom. The van der Waals surface area contributed by atoms with Gasteiger partial charge in [-0.1, -0.05) is 6.07 Å². The zero-order valence-corrected chi connectivity index (χ0v) is 18.9. The first kappa shape index (κ1) is 24.3. The smallest absolute Gasteiger partial charge is 0.361 e. The maximum absolute atomic E-state index is 13.7. The fraction of sp³-hybridized carbons (Fsp3) is 0.280. The summed E-state index contributed by atoms with van der Waals surface area (Å²) in [5.74, 6) is -1.17. The molecule has 2 heterocycles. The minimum Gasteiger partial charge on any atom is -0.361 e. The Morgan fingerprint density at radius 2 is 1.91 bits per heavy atom. The van der Waals surface area contributed by atoms with Crippen LogP contribution in [0, 0.1) is 12.7 Å². The van der Waals surface area contributed by atoms with Crippen LogP contribution in [0.5, 0.6) is 0 Å². The molecule has 1 aromatic heterocycles. The van der Waals surface area contributed by atoms with Gasteiger partial charge in [0.1, 0.15) is 5.82 Å². The van der Waals surface area contributed by atoms with Crippen LogP contribution in [0.4, 0.5) is 22.4 Å². The Balaban J connectivity index is 1.41. The monoisotopic (exact) mass is 488 g/mol. The van der Waals surface area contributed by atoms with Crippen LogP contribution in [0.15, 0.2) is 48.7 Å². The summed E-state index contributed by atoms with van der Waals surface area (Å²) in [6, 6.07) is 9.48. The molecule has 2 aromatic carbocycles. The van der Waals surface area contributed by atoms with Crippen LogP contribution in [0.25, 0.3) is 11.3 Å². The van der Waals surface area contributed by atoms with Crippen molar-refractivity contribution in [3.05, 3.63) is 82.3 Å². The highest BCUT2D eigenvalue weighted by Gasteiger charge is 2.31. The Morgan fingerprint density at radius 3 is 2.60 bits per heavy atom. The maximum atomic E-state index is 13.7. The number of rotatable bonds is 7. The van der Waals surface area contributed by atoms with Crippen molar-refractivity contribution in [2.24, 2.45) is 0 Å². The largest absolute Gasteiger partial charge is 0.416 e. The first-order valence-electron chi connectivity index (χ1n) is 11.1. The summed E-state index contributed by atoms with van der Waals surface area (Å²) in [4.78, 5) is 28.8. The Kier molecular flexibility index (Phi) is 6.81. The number of H-pyrrole nitrogens is 1. The number of nitrogens with zero attached hydrogens (tertiary/aromatic N) is 1. The topological polar surface area (TPSA) is 77.2 Å². The molecule has 3 amide bonds. The van der Waals surface area contributed by atoms with E-state index in [-0.39, 0.29) is 23.9 Å². The maximum Gasteiger partial charge on any atom is 0.416 e. The van der Waals surface area contributed by atoms with Gasteiger partial charge in [-0.25, -0.2) is 9.18 Å². The predicted octanol–water partition coefficient (Wildman–Crippen LogP) is 4.49. The molecule has 1 aliphatic heterocycles. The second kappa shape index (κ2) is 9.81. The number of carbonyl (C=O) groups is 2. The van der Waals surface area contributed by atoms with Gasteiger partial charge in [-0.2, -0.15) is 13.2 Å². The van der Waals surface area contributed by atoms with E-state index in [0.717, 1.165) is 29.0 Å². The molecule has 10 heteroatoms. The van der Waals surface area contributed by atoms with E-state index in [9.17, 15) is 27.2 Å². The molecule has 0 aliphatic carbocycles. The summed E-state index contributed by atoms with van der Waals surface area (Å²) in [5, 5.41) is 5.52. The van der Waals surface area contributed by atoms with Gasteiger partial charge in [0.2, 0.25) is 0 Å². The molecule has 1 aliphatic rings. The van der Waals surface area contributed by atoms with Crippen molar-refractivity contribution in [2.45, 2.75) is 19.5 Å². The number of aromatic nitrogens is 1. The molecule has 0 spiro atoms. The van der Waals surface area contributed by atoms with Crippen molar-refractivity contribution in [1.29, 1.82) is 0 Å². The van der Waals surface area contributed by atoms with Gasteiger partial charge in [0.25, 0.3) is 5.91 Å². The van der Waals surface area contributed by atoms with Crippen molar-refractivity contribution < 1.29 is 27.2 Å². The number of benzene rings is 2. The van der Waals surface area contributed by atoms with E-state index in [1.807, 2.05) is 13.0 Å². The van der Waals surface area contributed by atoms with Crippen LogP contribution < -0.4 is 10.6 Å². The number of hydrogen-bond acceptors (Lipinski definition) is 2. The average molecular weight is 488 g/mol. The lowest BCUT2D eigenvalue weighted by Gasteiger charge is -2.15. The number of halogens is 4. The Bertz CT molecular complexity index is 1250. The molecular formula is C25H24F4N4O2. The predicted molar refractivity (Wildman–Crippen MR) is 122 cm³/mol. The van der Waals surface area contributed by atoms with Crippen LogP contribution in [0.1, 0.15) is 32.6 Å². The van der Waals surface area contributed by atoms with Gasteiger partial charge in [0.05, 0.1) is 5.56 Å². The van der Waals surface area contributed by atoms with E-state index >= 15 is 0 Å². The van der Waals surface area contributed by atoms with Gasteiger partial charge in [0, 0.05) is 43.6 Å². The van der Waals surface area contributed by atoms with Gasteiger partial charge in [-0.3, -0.25) is 4.79 Å².